The van der Waals surface area contributed by atoms with Crippen LogP contribution in [0.15, 0.2) is 59.5 Å². The normalized spacial score (nSPS) is 11.1. The molecule has 0 unspecified atom stereocenters. The SMILES string of the molecule is Cc1ccccc1NC(=O)Cn1ncc2c(C)n(Cc3cccc(Cl)c3)c(C)c2c1=O. The lowest BCUT2D eigenvalue weighted by atomic mass is 10.2. The predicted molar refractivity (Wildman–Crippen MR) is 124 cm³/mol. The number of hydrogen-bond donors (Lipinski definition) is 1. The molecule has 0 saturated heterocycles. The van der Waals surface area contributed by atoms with Crippen LogP contribution < -0.4 is 10.9 Å². The molecule has 1 N–H and O–H groups in total. The zero-order chi connectivity index (χ0) is 22.1. The summed E-state index contributed by atoms with van der Waals surface area (Å²) in [7, 11) is 0. The standard InChI is InChI=1S/C24H23ClN4O2/c1-15-7-4-5-10-21(15)27-22(30)14-29-24(31)23-17(3)28(16(2)20(23)12-26-29)13-18-8-6-9-19(25)11-18/h4-12H,13-14H2,1-3H3,(H,27,30). The molecular weight excluding hydrogens is 412 g/mol. The third kappa shape index (κ3) is 4.11. The van der Waals surface area contributed by atoms with Gasteiger partial charge in [0.1, 0.15) is 6.54 Å². The van der Waals surface area contributed by atoms with Crippen molar-refractivity contribution in [2.75, 3.05) is 5.32 Å². The molecule has 4 rings (SSSR count). The van der Waals surface area contributed by atoms with Gasteiger partial charge in [-0.2, -0.15) is 5.10 Å². The first kappa shape index (κ1) is 20.9. The highest BCUT2D eigenvalue weighted by Crippen LogP contribution is 2.24. The molecule has 0 bridgehead atoms. The summed E-state index contributed by atoms with van der Waals surface area (Å²) in [5.41, 5.74) is 4.24. The lowest BCUT2D eigenvalue weighted by Crippen LogP contribution is -2.29. The molecule has 0 aliphatic carbocycles. The number of aromatic nitrogens is 3. The van der Waals surface area contributed by atoms with Gasteiger partial charge < -0.3 is 9.88 Å². The largest absolute Gasteiger partial charge is 0.343 e. The second-order valence-electron chi connectivity index (χ2n) is 7.65. The van der Waals surface area contributed by atoms with E-state index in [4.69, 9.17) is 11.6 Å². The lowest BCUT2D eigenvalue weighted by Gasteiger charge is -2.09. The number of halogens is 1. The third-order valence-electron chi connectivity index (χ3n) is 5.55. The molecule has 0 radical (unpaired) electrons. The van der Waals surface area contributed by atoms with Crippen molar-refractivity contribution in [2.24, 2.45) is 0 Å². The number of amides is 1. The number of nitrogens with one attached hydrogen (secondary N) is 1. The highest BCUT2D eigenvalue weighted by atomic mass is 35.5. The fourth-order valence-corrected chi connectivity index (χ4v) is 4.06. The summed E-state index contributed by atoms with van der Waals surface area (Å²) in [6.07, 6.45) is 1.66. The minimum atomic E-state index is -0.295. The molecule has 6 nitrogen and oxygen atoms in total. The second-order valence-corrected chi connectivity index (χ2v) is 8.08. The van der Waals surface area contributed by atoms with Gasteiger partial charge in [-0.1, -0.05) is 41.9 Å². The van der Waals surface area contributed by atoms with E-state index in [9.17, 15) is 9.59 Å². The number of benzene rings is 2. The summed E-state index contributed by atoms with van der Waals surface area (Å²) in [4.78, 5) is 25.7. The van der Waals surface area contributed by atoms with Crippen LogP contribution in [0, 0.1) is 20.8 Å². The molecule has 158 valence electrons. The zero-order valence-corrected chi connectivity index (χ0v) is 18.4. The highest BCUT2D eigenvalue weighted by Gasteiger charge is 2.17. The lowest BCUT2D eigenvalue weighted by molar-refractivity contribution is -0.117. The number of rotatable bonds is 5. The van der Waals surface area contributed by atoms with Crippen molar-refractivity contribution in [3.8, 4) is 0 Å². The number of carbonyl (C=O) groups is 1. The summed E-state index contributed by atoms with van der Waals surface area (Å²) < 4.78 is 3.29. The number of anilines is 1. The maximum Gasteiger partial charge on any atom is 0.276 e. The maximum absolute atomic E-state index is 13.2. The summed E-state index contributed by atoms with van der Waals surface area (Å²) in [6.45, 7) is 6.25. The van der Waals surface area contributed by atoms with Gasteiger partial charge in [-0.05, 0) is 50.1 Å². The van der Waals surface area contributed by atoms with Crippen LogP contribution in [0.2, 0.25) is 5.02 Å². The first-order valence-electron chi connectivity index (χ1n) is 10.0. The van der Waals surface area contributed by atoms with Crippen molar-refractivity contribution < 1.29 is 4.79 Å². The van der Waals surface area contributed by atoms with E-state index in [0.717, 1.165) is 33.6 Å². The van der Waals surface area contributed by atoms with Crippen molar-refractivity contribution in [1.82, 2.24) is 14.3 Å². The van der Waals surface area contributed by atoms with Gasteiger partial charge in [0.2, 0.25) is 5.91 Å². The average molecular weight is 435 g/mol. The fraction of sp³-hybridized carbons (Fsp3) is 0.208. The third-order valence-corrected chi connectivity index (χ3v) is 5.78. The van der Waals surface area contributed by atoms with Crippen LogP contribution in [-0.4, -0.2) is 20.3 Å². The molecule has 2 aromatic heterocycles. The molecule has 31 heavy (non-hydrogen) atoms. The van der Waals surface area contributed by atoms with Gasteiger partial charge in [0.15, 0.2) is 0 Å². The maximum atomic E-state index is 13.2. The zero-order valence-electron chi connectivity index (χ0n) is 17.6. The number of carbonyl (C=O) groups excluding carboxylic acids is 1. The number of para-hydroxylation sites is 1. The van der Waals surface area contributed by atoms with E-state index in [-0.39, 0.29) is 18.0 Å². The number of nitrogens with zero attached hydrogens (tertiary/aromatic N) is 3. The number of hydrogen-bond acceptors (Lipinski definition) is 3. The molecule has 0 saturated carbocycles. The van der Waals surface area contributed by atoms with Gasteiger partial charge in [0.05, 0.1) is 11.6 Å². The Bertz CT molecular complexity index is 1350. The van der Waals surface area contributed by atoms with Gasteiger partial charge in [0.25, 0.3) is 5.56 Å². The van der Waals surface area contributed by atoms with E-state index >= 15 is 0 Å². The van der Waals surface area contributed by atoms with Crippen LogP contribution >= 0.6 is 11.6 Å². The summed E-state index contributed by atoms with van der Waals surface area (Å²) in [5, 5.41) is 9.15. The van der Waals surface area contributed by atoms with Gasteiger partial charge >= 0.3 is 0 Å². The predicted octanol–water partition coefficient (Wildman–Crippen LogP) is 4.46. The van der Waals surface area contributed by atoms with Crippen LogP contribution in [0.5, 0.6) is 0 Å². The second kappa shape index (κ2) is 8.40. The molecule has 0 aliphatic heterocycles. The Kier molecular flexibility index (Phi) is 5.65. The van der Waals surface area contributed by atoms with E-state index in [0.29, 0.717) is 17.0 Å². The van der Waals surface area contributed by atoms with Gasteiger partial charge in [0, 0.05) is 34.0 Å². The van der Waals surface area contributed by atoms with Crippen molar-refractivity contribution in [2.45, 2.75) is 33.9 Å². The summed E-state index contributed by atoms with van der Waals surface area (Å²) in [6, 6.07) is 15.2. The minimum Gasteiger partial charge on any atom is -0.343 e. The number of fused-ring (bicyclic) bond motifs is 1. The Morgan fingerprint density at radius 1 is 1.06 bits per heavy atom. The van der Waals surface area contributed by atoms with Gasteiger partial charge in [-0.25, -0.2) is 4.68 Å². The average Bonchev–Trinajstić information content (AvgIpc) is 2.97. The molecular formula is C24H23ClN4O2. The topological polar surface area (TPSA) is 68.9 Å². The van der Waals surface area contributed by atoms with Crippen LogP contribution in [0.1, 0.15) is 22.5 Å². The Balaban J connectivity index is 1.66. The smallest absolute Gasteiger partial charge is 0.276 e. The summed E-state index contributed by atoms with van der Waals surface area (Å²) in [5.74, 6) is -0.295. The Morgan fingerprint density at radius 3 is 2.58 bits per heavy atom. The van der Waals surface area contributed by atoms with Crippen molar-refractivity contribution in [1.29, 1.82) is 0 Å². The molecule has 7 heteroatoms. The molecule has 2 aromatic carbocycles. The monoisotopic (exact) mass is 434 g/mol. The van der Waals surface area contributed by atoms with Gasteiger partial charge in [-0.3, -0.25) is 9.59 Å². The van der Waals surface area contributed by atoms with Crippen molar-refractivity contribution in [3.05, 3.63) is 92.6 Å². The van der Waals surface area contributed by atoms with Crippen molar-refractivity contribution >= 4 is 34.0 Å². The molecule has 1 amide bonds. The molecule has 4 aromatic rings. The first-order chi connectivity index (χ1) is 14.8. The molecule has 0 spiro atoms. The van der Waals surface area contributed by atoms with Crippen LogP contribution in [-0.2, 0) is 17.9 Å². The molecule has 2 heterocycles. The Labute approximate surface area is 185 Å². The van der Waals surface area contributed by atoms with E-state index in [1.54, 1.807) is 6.20 Å². The van der Waals surface area contributed by atoms with E-state index < -0.39 is 0 Å². The molecule has 0 fully saturated rings. The van der Waals surface area contributed by atoms with Gasteiger partial charge in [-0.15, -0.1) is 0 Å². The Hall–Kier alpha value is -3.38. The summed E-state index contributed by atoms with van der Waals surface area (Å²) >= 11 is 6.12. The van der Waals surface area contributed by atoms with Crippen LogP contribution in [0.4, 0.5) is 5.69 Å². The van der Waals surface area contributed by atoms with Crippen LogP contribution in [0.3, 0.4) is 0 Å². The quantitative estimate of drug-likeness (QED) is 0.504. The number of aryl methyl sites for hydroxylation is 3. The van der Waals surface area contributed by atoms with E-state index in [1.165, 1.54) is 4.68 Å². The molecule has 0 aliphatic rings. The van der Waals surface area contributed by atoms with E-state index in [2.05, 4.69) is 15.0 Å². The highest BCUT2D eigenvalue weighted by molar-refractivity contribution is 6.30. The fourth-order valence-electron chi connectivity index (χ4n) is 3.85. The first-order valence-corrected chi connectivity index (χ1v) is 10.4. The minimum absolute atomic E-state index is 0.152. The Morgan fingerprint density at radius 2 is 1.84 bits per heavy atom. The van der Waals surface area contributed by atoms with Crippen LogP contribution in [0.25, 0.3) is 10.8 Å². The van der Waals surface area contributed by atoms with E-state index in [1.807, 2.05) is 69.3 Å². The van der Waals surface area contributed by atoms with Crippen molar-refractivity contribution in [3.63, 3.8) is 0 Å². The molecule has 0 atom stereocenters.